The van der Waals surface area contributed by atoms with E-state index in [9.17, 15) is 14.5 Å². The highest BCUT2D eigenvalue weighted by atomic mass is 35.5. The topological polar surface area (TPSA) is 68.1 Å². The monoisotopic (exact) mass is 281 g/mol. The Morgan fingerprint density at radius 2 is 2.11 bits per heavy atom. The van der Waals surface area contributed by atoms with Crippen LogP contribution in [0.4, 0.5) is 15.9 Å². The van der Waals surface area contributed by atoms with Crippen molar-refractivity contribution in [3.63, 3.8) is 0 Å². The van der Waals surface area contributed by atoms with Gasteiger partial charge in [0.05, 0.1) is 21.7 Å². The van der Waals surface area contributed by atoms with Crippen LogP contribution in [0.5, 0.6) is 0 Å². The fraction of sp³-hybridized carbons (Fsp3) is 0.0833. The number of halogens is 2. The summed E-state index contributed by atoms with van der Waals surface area (Å²) < 4.78 is 13.1. The molecule has 0 saturated heterocycles. The fourth-order valence-electron chi connectivity index (χ4n) is 1.55. The Bertz CT molecular complexity index is 649. The summed E-state index contributed by atoms with van der Waals surface area (Å²) in [4.78, 5) is 14.5. The number of pyridine rings is 1. The molecule has 0 amide bonds. The number of rotatable bonds is 3. The molecule has 0 atom stereocenters. The molecule has 7 heteroatoms. The maximum Gasteiger partial charge on any atom is 0.275 e. The van der Waals surface area contributed by atoms with E-state index in [0.29, 0.717) is 17.1 Å². The molecule has 0 unspecified atom stereocenters. The Morgan fingerprint density at radius 1 is 1.37 bits per heavy atom. The molecular weight excluding hydrogens is 273 g/mol. The molecule has 1 heterocycles. The summed E-state index contributed by atoms with van der Waals surface area (Å²) in [6, 6.07) is 6.66. The summed E-state index contributed by atoms with van der Waals surface area (Å²) in [6.07, 6.45) is 0. The van der Waals surface area contributed by atoms with E-state index in [2.05, 4.69) is 10.3 Å². The molecule has 0 fully saturated rings. The Hall–Kier alpha value is -2.21. The van der Waals surface area contributed by atoms with Gasteiger partial charge < -0.3 is 5.32 Å². The zero-order valence-corrected chi connectivity index (χ0v) is 10.6. The van der Waals surface area contributed by atoms with Gasteiger partial charge in [0.15, 0.2) is 0 Å². The van der Waals surface area contributed by atoms with Crippen molar-refractivity contribution in [3.8, 4) is 11.3 Å². The largest absolute Gasteiger partial charge is 0.373 e. The molecule has 2 aromatic rings. The molecule has 1 aromatic carbocycles. The second kappa shape index (κ2) is 5.19. The molecule has 2 rings (SSSR count). The second-order valence-electron chi connectivity index (χ2n) is 3.73. The molecule has 19 heavy (non-hydrogen) atoms. The van der Waals surface area contributed by atoms with Crippen molar-refractivity contribution >= 4 is 23.1 Å². The lowest BCUT2D eigenvalue weighted by molar-refractivity contribution is -0.384. The van der Waals surface area contributed by atoms with E-state index in [4.69, 9.17) is 11.6 Å². The zero-order chi connectivity index (χ0) is 14.0. The van der Waals surface area contributed by atoms with Crippen LogP contribution >= 0.6 is 11.6 Å². The average molecular weight is 282 g/mol. The van der Waals surface area contributed by atoms with Crippen molar-refractivity contribution in [1.29, 1.82) is 0 Å². The zero-order valence-electron chi connectivity index (χ0n) is 9.85. The molecular formula is C12H9ClFN3O2. The number of hydrogen-bond donors (Lipinski definition) is 1. The second-order valence-corrected chi connectivity index (χ2v) is 4.14. The van der Waals surface area contributed by atoms with Crippen LogP contribution in [0.1, 0.15) is 0 Å². The molecule has 98 valence electrons. The summed E-state index contributed by atoms with van der Waals surface area (Å²) in [5.74, 6) is -0.200. The Kier molecular flexibility index (Phi) is 3.62. The third-order valence-electron chi connectivity index (χ3n) is 2.49. The van der Waals surface area contributed by atoms with Crippen molar-refractivity contribution < 1.29 is 9.31 Å². The van der Waals surface area contributed by atoms with Gasteiger partial charge in [0.1, 0.15) is 11.6 Å². The van der Waals surface area contributed by atoms with Gasteiger partial charge in [0.25, 0.3) is 5.69 Å². The van der Waals surface area contributed by atoms with Gasteiger partial charge in [-0.1, -0.05) is 11.6 Å². The van der Waals surface area contributed by atoms with E-state index in [1.165, 1.54) is 30.3 Å². The standard InChI is InChI=1S/C12H9ClFN3O2/c1-15-12-6-8(17(18)19)5-11(16-12)7-2-3-10(14)9(13)4-7/h2-6H,1H3,(H,15,16). The van der Waals surface area contributed by atoms with Gasteiger partial charge in [-0.05, 0) is 18.2 Å². The van der Waals surface area contributed by atoms with E-state index in [0.717, 1.165) is 0 Å². The number of nitrogens with one attached hydrogen (secondary N) is 1. The first kappa shape index (κ1) is 13.2. The van der Waals surface area contributed by atoms with Gasteiger partial charge in [-0.3, -0.25) is 10.1 Å². The lowest BCUT2D eigenvalue weighted by Crippen LogP contribution is -1.97. The molecule has 5 nitrogen and oxygen atoms in total. The summed E-state index contributed by atoms with van der Waals surface area (Å²) in [7, 11) is 1.60. The number of hydrogen-bond acceptors (Lipinski definition) is 4. The van der Waals surface area contributed by atoms with Gasteiger partial charge in [0, 0.05) is 18.7 Å². The minimum atomic E-state index is -0.551. The number of anilines is 1. The van der Waals surface area contributed by atoms with E-state index >= 15 is 0 Å². The molecule has 0 aliphatic rings. The average Bonchev–Trinajstić information content (AvgIpc) is 2.41. The molecule has 0 spiro atoms. The minimum Gasteiger partial charge on any atom is -0.373 e. The lowest BCUT2D eigenvalue weighted by atomic mass is 10.1. The molecule has 0 saturated carbocycles. The van der Waals surface area contributed by atoms with Gasteiger partial charge in [-0.2, -0.15) is 0 Å². The fourth-order valence-corrected chi connectivity index (χ4v) is 1.73. The van der Waals surface area contributed by atoms with Crippen molar-refractivity contribution in [2.24, 2.45) is 0 Å². The minimum absolute atomic E-state index is 0.0585. The number of aromatic nitrogens is 1. The van der Waals surface area contributed by atoms with Crippen LogP contribution in [0, 0.1) is 15.9 Å². The van der Waals surface area contributed by atoms with Gasteiger partial charge >= 0.3 is 0 Å². The molecule has 0 bridgehead atoms. The summed E-state index contributed by atoms with van der Waals surface area (Å²) in [5, 5.41) is 13.5. The first-order valence-electron chi connectivity index (χ1n) is 5.31. The van der Waals surface area contributed by atoms with Crippen LogP contribution in [0.3, 0.4) is 0 Å². The number of nitro groups is 1. The van der Waals surface area contributed by atoms with Crippen LogP contribution in [0.15, 0.2) is 30.3 Å². The quantitative estimate of drug-likeness (QED) is 0.691. The summed E-state index contributed by atoms with van der Waals surface area (Å²) in [6.45, 7) is 0. The third-order valence-corrected chi connectivity index (χ3v) is 2.78. The van der Waals surface area contributed by atoms with Gasteiger partial charge in [-0.15, -0.1) is 0 Å². The van der Waals surface area contributed by atoms with Crippen LogP contribution in [0.2, 0.25) is 5.02 Å². The Morgan fingerprint density at radius 3 is 2.68 bits per heavy atom. The van der Waals surface area contributed by atoms with Gasteiger partial charge in [0.2, 0.25) is 0 Å². The third kappa shape index (κ3) is 2.79. The van der Waals surface area contributed by atoms with Crippen molar-refractivity contribution in [3.05, 3.63) is 51.3 Å². The first-order chi connectivity index (χ1) is 9.01. The number of nitrogens with zero attached hydrogens (tertiary/aromatic N) is 2. The van der Waals surface area contributed by atoms with Crippen molar-refractivity contribution in [2.45, 2.75) is 0 Å². The Balaban J connectivity index is 2.57. The van der Waals surface area contributed by atoms with Crippen LogP contribution < -0.4 is 5.32 Å². The van der Waals surface area contributed by atoms with E-state index in [1.54, 1.807) is 7.05 Å². The van der Waals surface area contributed by atoms with Crippen LogP contribution in [0.25, 0.3) is 11.3 Å². The number of benzene rings is 1. The molecule has 0 aliphatic heterocycles. The highest BCUT2D eigenvalue weighted by Crippen LogP contribution is 2.27. The smallest absolute Gasteiger partial charge is 0.275 e. The van der Waals surface area contributed by atoms with Gasteiger partial charge in [-0.25, -0.2) is 9.37 Å². The van der Waals surface area contributed by atoms with E-state index in [-0.39, 0.29) is 10.7 Å². The first-order valence-corrected chi connectivity index (χ1v) is 5.68. The summed E-state index contributed by atoms with van der Waals surface area (Å²) in [5.41, 5.74) is 0.752. The predicted octanol–water partition coefficient (Wildman–Crippen LogP) is 3.49. The highest BCUT2D eigenvalue weighted by Gasteiger charge is 2.13. The van der Waals surface area contributed by atoms with E-state index < -0.39 is 10.7 Å². The molecule has 0 aliphatic carbocycles. The molecule has 1 N–H and O–H groups in total. The summed E-state index contributed by atoms with van der Waals surface area (Å²) >= 11 is 5.69. The van der Waals surface area contributed by atoms with E-state index in [1.807, 2.05) is 0 Å². The normalized spacial score (nSPS) is 10.3. The van der Waals surface area contributed by atoms with Crippen molar-refractivity contribution in [1.82, 2.24) is 4.98 Å². The molecule has 1 aromatic heterocycles. The molecule has 0 radical (unpaired) electrons. The van der Waals surface area contributed by atoms with Crippen LogP contribution in [-0.2, 0) is 0 Å². The lowest BCUT2D eigenvalue weighted by Gasteiger charge is -2.05. The van der Waals surface area contributed by atoms with Crippen molar-refractivity contribution in [2.75, 3.05) is 12.4 Å². The maximum atomic E-state index is 13.1. The predicted molar refractivity (Wildman–Crippen MR) is 70.8 cm³/mol. The maximum absolute atomic E-state index is 13.1. The SMILES string of the molecule is CNc1cc([N+](=O)[O-])cc(-c2ccc(F)c(Cl)c2)n1. The Labute approximate surface area is 113 Å². The highest BCUT2D eigenvalue weighted by molar-refractivity contribution is 6.31. The van der Waals surface area contributed by atoms with Crippen LogP contribution in [-0.4, -0.2) is 17.0 Å².